The third-order valence-electron chi connectivity index (χ3n) is 7.49. The summed E-state index contributed by atoms with van der Waals surface area (Å²) in [6.07, 6.45) is 3.14. The summed E-state index contributed by atoms with van der Waals surface area (Å²) < 4.78 is 6.38. The normalized spacial score (nSPS) is 16.2. The van der Waals surface area contributed by atoms with Crippen molar-refractivity contribution in [3.05, 3.63) is 100 Å². The molecule has 1 N–H and O–H groups in total. The van der Waals surface area contributed by atoms with E-state index in [9.17, 15) is 14.7 Å². The minimum Gasteiger partial charge on any atom is -0.487 e. The van der Waals surface area contributed by atoms with E-state index in [1.807, 2.05) is 43.3 Å². The van der Waals surface area contributed by atoms with Crippen LogP contribution in [0.15, 0.2) is 66.7 Å². The van der Waals surface area contributed by atoms with Gasteiger partial charge in [-0.1, -0.05) is 74.5 Å². The van der Waals surface area contributed by atoms with Crippen molar-refractivity contribution in [2.45, 2.75) is 71.3 Å². The zero-order chi connectivity index (χ0) is 27.3. The van der Waals surface area contributed by atoms with Gasteiger partial charge in [-0.3, -0.25) is 9.59 Å². The lowest BCUT2D eigenvalue weighted by atomic mass is 9.90. The molecule has 1 aliphatic rings. The van der Waals surface area contributed by atoms with Gasteiger partial charge < -0.3 is 14.7 Å². The Labute approximate surface area is 226 Å². The molecular weight excluding hydrogens is 474 g/mol. The number of aryl methyl sites for hydroxylation is 2. The van der Waals surface area contributed by atoms with Crippen LogP contribution in [0.5, 0.6) is 5.75 Å². The number of carbonyl (C=O) groups is 2. The molecule has 38 heavy (non-hydrogen) atoms. The van der Waals surface area contributed by atoms with E-state index in [-0.39, 0.29) is 24.5 Å². The molecule has 0 radical (unpaired) electrons. The topological polar surface area (TPSA) is 66.8 Å². The van der Waals surface area contributed by atoms with Crippen molar-refractivity contribution in [2.75, 3.05) is 13.1 Å². The van der Waals surface area contributed by atoms with Crippen molar-refractivity contribution in [1.82, 2.24) is 4.90 Å². The van der Waals surface area contributed by atoms with Crippen molar-refractivity contribution < 1.29 is 19.4 Å². The first-order chi connectivity index (χ1) is 18.1. The second kappa shape index (κ2) is 11.8. The summed E-state index contributed by atoms with van der Waals surface area (Å²) in [6.45, 7) is 8.71. The molecule has 1 aliphatic heterocycles. The van der Waals surface area contributed by atoms with Crippen LogP contribution in [-0.2, 0) is 35.3 Å². The summed E-state index contributed by atoms with van der Waals surface area (Å²) in [5.41, 5.74) is 6.82. The number of carboxylic acid groups (broad SMARTS) is 1. The molecule has 5 heteroatoms. The lowest BCUT2D eigenvalue weighted by Crippen LogP contribution is -2.37. The minimum atomic E-state index is -0.990. The van der Waals surface area contributed by atoms with Gasteiger partial charge in [0, 0.05) is 25.8 Å². The number of hydrogen-bond donors (Lipinski definition) is 1. The highest BCUT2D eigenvalue weighted by atomic mass is 16.5. The number of ether oxygens (including phenoxy) is 1. The molecule has 4 rings (SSSR count). The second-order valence-electron chi connectivity index (χ2n) is 11.1. The number of hydrogen-bond acceptors (Lipinski definition) is 3. The number of carbonyl (C=O) groups excluding carboxylic acids is 1. The van der Waals surface area contributed by atoms with E-state index in [2.05, 4.69) is 51.1 Å². The van der Waals surface area contributed by atoms with Crippen LogP contribution in [0.3, 0.4) is 0 Å². The van der Waals surface area contributed by atoms with Crippen LogP contribution in [-0.4, -0.2) is 40.6 Å². The van der Waals surface area contributed by atoms with Gasteiger partial charge in [-0.2, -0.15) is 0 Å². The van der Waals surface area contributed by atoms with Gasteiger partial charge >= 0.3 is 5.97 Å². The predicted molar refractivity (Wildman–Crippen MR) is 151 cm³/mol. The maximum atomic E-state index is 13.0. The van der Waals surface area contributed by atoms with Gasteiger partial charge in [0.25, 0.3) is 0 Å². The van der Waals surface area contributed by atoms with Gasteiger partial charge in [0.1, 0.15) is 17.9 Å². The Morgan fingerprint density at radius 3 is 2.39 bits per heavy atom. The summed E-state index contributed by atoms with van der Waals surface area (Å²) in [5.74, 6) is 0.302. The fraction of sp³-hybridized carbons (Fsp3) is 0.394. The predicted octanol–water partition coefficient (Wildman–Crippen LogP) is 6.14. The van der Waals surface area contributed by atoms with Gasteiger partial charge in [0.2, 0.25) is 5.91 Å². The molecule has 0 saturated heterocycles. The van der Waals surface area contributed by atoms with Gasteiger partial charge in [-0.15, -0.1) is 0 Å². The molecule has 0 aromatic heterocycles. The quantitative estimate of drug-likeness (QED) is 0.334. The van der Waals surface area contributed by atoms with E-state index in [4.69, 9.17) is 4.74 Å². The van der Waals surface area contributed by atoms with E-state index >= 15 is 0 Å². The lowest BCUT2D eigenvalue weighted by Gasteiger charge is -2.24. The Morgan fingerprint density at radius 1 is 1.00 bits per heavy atom. The fourth-order valence-electron chi connectivity index (χ4n) is 5.29. The van der Waals surface area contributed by atoms with Gasteiger partial charge in [0.15, 0.2) is 0 Å². The van der Waals surface area contributed by atoms with Gasteiger partial charge in [0.05, 0.1) is 0 Å². The van der Waals surface area contributed by atoms with Crippen LogP contribution in [0.25, 0.3) is 0 Å². The first-order valence-electron chi connectivity index (χ1n) is 13.6. The molecule has 0 aliphatic carbocycles. The Morgan fingerprint density at radius 2 is 1.71 bits per heavy atom. The number of benzene rings is 3. The van der Waals surface area contributed by atoms with E-state index in [1.165, 1.54) is 16.0 Å². The van der Waals surface area contributed by atoms with Crippen molar-refractivity contribution in [3.63, 3.8) is 0 Å². The van der Waals surface area contributed by atoms with Crippen LogP contribution in [0.2, 0.25) is 0 Å². The molecule has 0 saturated carbocycles. The number of nitrogens with zero attached hydrogens (tertiary/aromatic N) is 1. The standard InChI is InChI=1S/C33H39NO4/c1-23(2)27-13-9-26(10-14-27)20-33(4)21-29-19-25(11-15-30(29)38-33)12-16-31(35)34(22-32(36)37)18-17-28-8-6-5-7-24(28)3/h5-11,13-15,19,23H,12,16-18,20-22H2,1-4H3,(H,36,37)/t33-/m1/s1. The molecule has 1 amide bonds. The minimum absolute atomic E-state index is 0.132. The molecule has 0 unspecified atom stereocenters. The van der Waals surface area contributed by atoms with Crippen molar-refractivity contribution in [1.29, 1.82) is 0 Å². The summed E-state index contributed by atoms with van der Waals surface area (Å²) in [4.78, 5) is 25.9. The highest BCUT2D eigenvalue weighted by molar-refractivity contribution is 5.81. The smallest absolute Gasteiger partial charge is 0.323 e. The first kappa shape index (κ1) is 27.4. The average Bonchev–Trinajstić information content (AvgIpc) is 3.20. The number of amides is 1. The van der Waals surface area contributed by atoms with Crippen molar-refractivity contribution in [3.8, 4) is 5.75 Å². The molecule has 0 fully saturated rings. The number of carboxylic acids is 1. The fourth-order valence-corrected chi connectivity index (χ4v) is 5.29. The molecule has 1 atom stereocenters. The molecule has 3 aromatic rings. The number of aliphatic carboxylic acids is 1. The first-order valence-corrected chi connectivity index (χ1v) is 13.6. The van der Waals surface area contributed by atoms with Crippen LogP contribution < -0.4 is 4.74 Å². The molecular formula is C33H39NO4. The SMILES string of the molecule is Cc1ccccc1CCN(CC(=O)O)C(=O)CCc1ccc2c(c1)C[C@@](C)(Cc1ccc(C(C)C)cc1)O2. The van der Waals surface area contributed by atoms with Crippen molar-refractivity contribution in [2.24, 2.45) is 0 Å². The average molecular weight is 514 g/mol. The summed E-state index contributed by atoms with van der Waals surface area (Å²) in [5, 5.41) is 9.36. The summed E-state index contributed by atoms with van der Waals surface area (Å²) in [6, 6.07) is 23.0. The molecule has 0 spiro atoms. The highest BCUT2D eigenvalue weighted by Gasteiger charge is 2.35. The molecule has 3 aromatic carbocycles. The van der Waals surface area contributed by atoms with Crippen LogP contribution >= 0.6 is 0 Å². The van der Waals surface area contributed by atoms with E-state index in [1.54, 1.807) is 0 Å². The third kappa shape index (κ3) is 7.03. The molecule has 1 heterocycles. The summed E-state index contributed by atoms with van der Waals surface area (Å²) in [7, 11) is 0. The Kier molecular flexibility index (Phi) is 8.55. The Hall–Kier alpha value is -3.60. The Bertz CT molecular complexity index is 1280. The second-order valence-corrected chi connectivity index (χ2v) is 11.1. The monoisotopic (exact) mass is 513 g/mol. The highest BCUT2D eigenvalue weighted by Crippen LogP contribution is 2.37. The van der Waals surface area contributed by atoms with Crippen LogP contribution in [0, 0.1) is 6.92 Å². The van der Waals surface area contributed by atoms with Crippen LogP contribution in [0.1, 0.15) is 66.5 Å². The zero-order valence-electron chi connectivity index (χ0n) is 23.0. The third-order valence-corrected chi connectivity index (χ3v) is 7.49. The summed E-state index contributed by atoms with van der Waals surface area (Å²) >= 11 is 0. The molecule has 5 nitrogen and oxygen atoms in total. The van der Waals surface area contributed by atoms with Crippen LogP contribution in [0.4, 0.5) is 0 Å². The van der Waals surface area contributed by atoms with Crippen molar-refractivity contribution >= 4 is 11.9 Å². The molecule has 200 valence electrons. The maximum Gasteiger partial charge on any atom is 0.323 e. The number of fused-ring (bicyclic) bond motifs is 1. The maximum absolute atomic E-state index is 13.0. The van der Waals surface area contributed by atoms with E-state index in [0.717, 1.165) is 40.8 Å². The van der Waals surface area contributed by atoms with Gasteiger partial charge in [-0.25, -0.2) is 0 Å². The van der Waals surface area contributed by atoms with E-state index < -0.39 is 5.97 Å². The van der Waals surface area contributed by atoms with Gasteiger partial charge in [-0.05, 0) is 72.1 Å². The lowest BCUT2D eigenvalue weighted by molar-refractivity contribution is -0.144. The zero-order valence-corrected chi connectivity index (χ0v) is 23.0. The Balaban J connectivity index is 1.35. The van der Waals surface area contributed by atoms with E-state index in [0.29, 0.717) is 25.3 Å². The number of rotatable bonds is 11. The molecule has 0 bridgehead atoms. The largest absolute Gasteiger partial charge is 0.487 e.